The highest BCUT2D eigenvalue weighted by atomic mass is 16.6. The van der Waals surface area contributed by atoms with E-state index in [4.69, 9.17) is 5.11 Å². The number of aryl methyl sites for hydroxylation is 1. The van der Waals surface area contributed by atoms with E-state index in [-0.39, 0.29) is 18.0 Å². The smallest absolute Gasteiger partial charge is 0.303 e. The van der Waals surface area contributed by atoms with Gasteiger partial charge in [-0.25, -0.2) is 4.98 Å². The number of nitrogens with one attached hydrogen (secondary N) is 1. The van der Waals surface area contributed by atoms with Crippen LogP contribution in [0, 0.1) is 23.0 Å². The van der Waals surface area contributed by atoms with Gasteiger partial charge in [0.1, 0.15) is 5.82 Å². The third kappa shape index (κ3) is 4.90. The molecular formula is C12H17N3O4. The van der Waals surface area contributed by atoms with Gasteiger partial charge in [-0.3, -0.25) is 14.9 Å². The molecule has 0 saturated carbocycles. The number of anilines is 1. The quantitative estimate of drug-likeness (QED) is 0.579. The summed E-state index contributed by atoms with van der Waals surface area (Å²) in [6, 6.07) is 1.39. The van der Waals surface area contributed by atoms with Gasteiger partial charge in [0.05, 0.1) is 11.0 Å². The number of hydrogen-bond acceptors (Lipinski definition) is 5. The molecule has 0 aromatic carbocycles. The van der Waals surface area contributed by atoms with Gasteiger partial charge < -0.3 is 10.4 Å². The first kappa shape index (κ1) is 14.9. The minimum absolute atomic E-state index is 0.0238. The van der Waals surface area contributed by atoms with Crippen LogP contribution in [0.4, 0.5) is 11.5 Å². The molecule has 19 heavy (non-hydrogen) atoms. The van der Waals surface area contributed by atoms with Crippen molar-refractivity contribution in [3.63, 3.8) is 0 Å². The molecule has 1 unspecified atom stereocenters. The molecule has 0 fully saturated rings. The van der Waals surface area contributed by atoms with Gasteiger partial charge in [0.25, 0.3) is 5.69 Å². The zero-order valence-corrected chi connectivity index (χ0v) is 10.9. The Hall–Kier alpha value is -2.18. The number of carboxylic acid groups (broad SMARTS) is 1. The average Bonchev–Trinajstić information content (AvgIpc) is 2.35. The molecule has 0 amide bonds. The van der Waals surface area contributed by atoms with Gasteiger partial charge in [-0.2, -0.15) is 0 Å². The van der Waals surface area contributed by atoms with Crippen LogP contribution >= 0.6 is 0 Å². The van der Waals surface area contributed by atoms with Gasteiger partial charge in [0, 0.05) is 24.7 Å². The maximum atomic E-state index is 10.8. The molecule has 0 bridgehead atoms. The molecule has 0 aliphatic rings. The summed E-state index contributed by atoms with van der Waals surface area (Å²) in [7, 11) is 0. The molecule has 1 rings (SSSR count). The summed E-state index contributed by atoms with van der Waals surface area (Å²) in [4.78, 5) is 24.8. The molecule has 1 aromatic rings. The topological polar surface area (TPSA) is 105 Å². The van der Waals surface area contributed by atoms with Crippen molar-refractivity contribution in [2.24, 2.45) is 5.92 Å². The van der Waals surface area contributed by atoms with Gasteiger partial charge in [0.15, 0.2) is 0 Å². The Balaban J connectivity index is 2.56. The van der Waals surface area contributed by atoms with E-state index in [1.54, 1.807) is 6.92 Å². The molecule has 0 radical (unpaired) electrons. The number of carboxylic acids is 1. The number of aromatic nitrogens is 1. The molecule has 1 atom stereocenters. The first-order valence-electron chi connectivity index (χ1n) is 5.97. The van der Waals surface area contributed by atoms with Crippen molar-refractivity contribution in [2.75, 3.05) is 11.9 Å². The Labute approximate surface area is 110 Å². The molecule has 1 heterocycles. The van der Waals surface area contributed by atoms with Gasteiger partial charge in [0.2, 0.25) is 0 Å². The van der Waals surface area contributed by atoms with Crippen LogP contribution in [0.15, 0.2) is 12.3 Å². The first-order chi connectivity index (χ1) is 8.90. The highest BCUT2D eigenvalue weighted by Gasteiger charge is 2.12. The lowest BCUT2D eigenvalue weighted by Crippen LogP contribution is -2.13. The fourth-order valence-electron chi connectivity index (χ4n) is 1.56. The van der Waals surface area contributed by atoms with E-state index in [2.05, 4.69) is 10.3 Å². The predicted molar refractivity (Wildman–Crippen MR) is 70.2 cm³/mol. The molecular weight excluding hydrogens is 250 g/mol. The summed E-state index contributed by atoms with van der Waals surface area (Å²) in [5.74, 6) is -0.242. The third-order valence-corrected chi connectivity index (χ3v) is 2.75. The van der Waals surface area contributed by atoms with Gasteiger partial charge in [-0.1, -0.05) is 6.92 Å². The molecule has 7 heteroatoms. The summed E-state index contributed by atoms with van der Waals surface area (Å²) < 4.78 is 0. The number of nitrogens with zero attached hydrogens (tertiary/aromatic N) is 2. The van der Waals surface area contributed by atoms with Gasteiger partial charge >= 0.3 is 5.97 Å². The fraction of sp³-hybridized carbons (Fsp3) is 0.500. The number of nitro groups is 1. The van der Waals surface area contributed by atoms with E-state index in [0.29, 0.717) is 24.3 Å². The fourth-order valence-corrected chi connectivity index (χ4v) is 1.56. The van der Waals surface area contributed by atoms with Crippen LogP contribution in [0.25, 0.3) is 0 Å². The molecule has 0 aliphatic carbocycles. The summed E-state index contributed by atoms with van der Waals surface area (Å²) in [5.41, 5.74) is 0.533. The van der Waals surface area contributed by atoms with Crippen molar-refractivity contribution < 1.29 is 14.8 Å². The van der Waals surface area contributed by atoms with Crippen LogP contribution in [0.2, 0.25) is 0 Å². The monoisotopic (exact) mass is 267 g/mol. The number of carbonyl (C=O) groups is 1. The number of hydrogen-bond donors (Lipinski definition) is 2. The van der Waals surface area contributed by atoms with Crippen LogP contribution in [0.3, 0.4) is 0 Å². The highest BCUT2D eigenvalue weighted by molar-refractivity contribution is 5.66. The SMILES string of the molecule is Cc1cnc(NCC(C)CCC(=O)O)cc1[N+](=O)[O-]. The van der Waals surface area contributed by atoms with Crippen molar-refractivity contribution in [3.05, 3.63) is 27.9 Å². The molecule has 1 aromatic heterocycles. The van der Waals surface area contributed by atoms with Crippen molar-refractivity contribution in [2.45, 2.75) is 26.7 Å². The Morgan fingerprint density at radius 3 is 2.89 bits per heavy atom. The zero-order chi connectivity index (χ0) is 14.4. The van der Waals surface area contributed by atoms with Crippen molar-refractivity contribution >= 4 is 17.5 Å². The Kier molecular flexibility index (Phi) is 5.23. The maximum Gasteiger partial charge on any atom is 0.303 e. The second kappa shape index (κ2) is 6.67. The standard InChI is InChI=1S/C12H17N3O4/c1-8(3-4-12(16)17)6-13-11-5-10(15(18)19)9(2)7-14-11/h5,7-8H,3-4,6H2,1-2H3,(H,13,14)(H,16,17). The second-order valence-corrected chi connectivity index (χ2v) is 4.53. The van der Waals surface area contributed by atoms with Crippen molar-refractivity contribution in [3.8, 4) is 0 Å². The van der Waals surface area contributed by atoms with E-state index < -0.39 is 10.9 Å². The van der Waals surface area contributed by atoms with Crippen molar-refractivity contribution in [1.82, 2.24) is 4.98 Å². The second-order valence-electron chi connectivity index (χ2n) is 4.53. The lowest BCUT2D eigenvalue weighted by Gasteiger charge is -2.12. The van der Waals surface area contributed by atoms with Gasteiger partial charge in [-0.15, -0.1) is 0 Å². The minimum atomic E-state index is -0.823. The van der Waals surface area contributed by atoms with Crippen LogP contribution < -0.4 is 5.32 Å². The summed E-state index contributed by atoms with van der Waals surface area (Å²) >= 11 is 0. The predicted octanol–water partition coefficient (Wildman–Crippen LogP) is 2.21. The van der Waals surface area contributed by atoms with Crippen LogP contribution in [0.1, 0.15) is 25.3 Å². The normalized spacial score (nSPS) is 11.9. The Bertz CT molecular complexity index is 476. The molecule has 0 aliphatic heterocycles. The molecule has 7 nitrogen and oxygen atoms in total. The maximum absolute atomic E-state index is 10.8. The van der Waals surface area contributed by atoms with Crippen LogP contribution in [0.5, 0.6) is 0 Å². The zero-order valence-electron chi connectivity index (χ0n) is 10.9. The summed E-state index contributed by atoms with van der Waals surface area (Å²) in [6.45, 7) is 4.07. The van der Waals surface area contributed by atoms with E-state index in [0.717, 1.165) is 0 Å². The largest absolute Gasteiger partial charge is 0.481 e. The molecule has 0 saturated heterocycles. The van der Waals surface area contributed by atoms with Crippen molar-refractivity contribution in [1.29, 1.82) is 0 Å². The van der Waals surface area contributed by atoms with Gasteiger partial charge in [-0.05, 0) is 19.3 Å². The summed E-state index contributed by atoms with van der Waals surface area (Å²) in [5, 5.41) is 22.3. The molecule has 0 spiro atoms. The van der Waals surface area contributed by atoms with E-state index >= 15 is 0 Å². The Morgan fingerprint density at radius 2 is 2.32 bits per heavy atom. The van der Waals surface area contributed by atoms with Crippen LogP contribution in [-0.4, -0.2) is 27.5 Å². The van der Waals surface area contributed by atoms with Crippen LogP contribution in [-0.2, 0) is 4.79 Å². The van der Waals surface area contributed by atoms with E-state index in [1.807, 2.05) is 6.92 Å². The summed E-state index contributed by atoms with van der Waals surface area (Å²) in [6.07, 6.45) is 2.11. The lowest BCUT2D eigenvalue weighted by molar-refractivity contribution is -0.385. The average molecular weight is 267 g/mol. The minimum Gasteiger partial charge on any atom is -0.481 e. The molecule has 104 valence electrons. The van der Waals surface area contributed by atoms with E-state index in [9.17, 15) is 14.9 Å². The third-order valence-electron chi connectivity index (χ3n) is 2.75. The lowest BCUT2D eigenvalue weighted by atomic mass is 10.1. The van der Waals surface area contributed by atoms with E-state index in [1.165, 1.54) is 12.3 Å². The number of aliphatic carboxylic acids is 1. The number of rotatable bonds is 7. The highest BCUT2D eigenvalue weighted by Crippen LogP contribution is 2.20. The number of pyridine rings is 1. The first-order valence-corrected chi connectivity index (χ1v) is 5.97. The molecule has 2 N–H and O–H groups in total. The Morgan fingerprint density at radius 1 is 1.63 bits per heavy atom.